The third-order valence-electron chi connectivity index (χ3n) is 8.39. The van der Waals surface area contributed by atoms with Crippen LogP contribution in [0.25, 0.3) is 0 Å². The van der Waals surface area contributed by atoms with Gasteiger partial charge in [0.05, 0.1) is 33.3 Å². The minimum atomic E-state index is -1.18. The summed E-state index contributed by atoms with van der Waals surface area (Å²) in [6.45, 7) is 5.79. The lowest BCUT2D eigenvalue weighted by molar-refractivity contribution is -0.870. The van der Waals surface area contributed by atoms with Crippen LogP contribution in [0.5, 0.6) is 5.75 Å². The zero-order valence-corrected chi connectivity index (χ0v) is 29.0. The Balaban J connectivity index is 0.00000147. The Morgan fingerprint density at radius 3 is 1.49 bits per heavy atom. The SMILES string of the molecule is CCCCCCCCCCCC(=O)C(CCCCCCCCCCC)CCCC[N+](C)(C)C.O=C(O)c1ccccc1[O-]. The molecule has 0 amide bonds. The molecule has 5 heteroatoms. The molecule has 5 nitrogen and oxygen atoms in total. The number of nitrogens with zero attached hydrogens (tertiary/aromatic N) is 1. The molecule has 1 N–H and O–H groups in total. The standard InChI is InChI=1S/C31H64NO.C7H6O3/c1-6-8-10-12-14-16-18-20-22-26-30(27-24-25-29-32(3,4)5)31(33)28-23-21-19-17-15-13-11-9-7-2;8-6-4-2-1-3-5(6)7(9)10/h30H,6-29H2,1-5H3;1-4,8H,(H,9,10)/q+1;/p-1. The summed E-state index contributed by atoms with van der Waals surface area (Å²) in [5.74, 6) is -0.695. The van der Waals surface area contributed by atoms with Crippen LogP contribution in [0.4, 0.5) is 0 Å². The van der Waals surface area contributed by atoms with E-state index in [1.54, 1.807) is 0 Å². The summed E-state index contributed by atoms with van der Waals surface area (Å²) in [7, 11) is 6.82. The Kier molecular flexibility index (Phi) is 26.4. The van der Waals surface area contributed by atoms with Gasteiger partial charge in [-0.25, -0.2) is 4.79 Å². The van der Waals surface area contributed by atoms with E-state index >= 15 is 0 Å². The Morgan fingerprint density at radius 1 is 0.651 bits per heavy atom. The van der Waals surface area contributed by atoms with E-state index in [1.165, 1.54) is 153 Å². The van der Waals surface area contributed by atoms with Crippen molar-refractivity contribution in [2.75, 3.05) is 27.7 Å². The Labute approximate surface area is 266 Å². The number of hydrogen-bond acceptors (Lipinski definition) is 3. The Hall–Kier alpha value is -1.88. The molecule has 0 bridgehead atoms. The minimum Gasteiger partial charge on any atom is -0.872 e. The van der Waals surface area contributed by atoms with E-state index in [4.69, 9.17) is 5.11 Å². The van der Waals surface area contributed by atoms with Crippen LogP contribution in [0.2, 0.25) is 0 Å². The molecule has 0 fully saturated rings. The lowest BCUT2D eigenvalue weighted by Crippen LogP contribution is -2.35. The molecule has 0 saturated heterocycles. The predicted octanol–water partition coefficient (Wildman–Crippen LogP) is 10.3. The number of carboxylic acids is 1. The van der Waals surface area contributed by atoms with Crippen LogP contribution in [0, 0.1) is 5.92 Å². The lowest BCUT2D eigenvalue weighted by Gasteiger charge is -2.24. The van der Waals surface area contributed by atoms with Gasteiger partial charge < -0.3 is 14.7 Å². The first-order valence-electron chi connectivity index (χ1n) is 17.9. The number of carboxylic acid groups (broad SMARTS) is 1. The zero-order chi connectivity index (χ0) is 32.2. The van der Waals surface area contributed by atoms with E-state index in [0.29, 0.717) is 11.7 Å². The van der Waals surface area contributed by atoms with Crippen molar-refractivity contribution in [1.82, 2.24) is 0 Å². The van der Waals surface area contributed by atoms with Gasteiger partial charge in [0.25, 0.3) is 0 Å². The topological polar surface area (TPSA) is 77.4 Å². The van der Waals surface area contributed by atoms with Gasteiger partial charge in [0.1, 0.15) is 5.78 Å². The molecule has 0 aliphatic rings. The number of benzene rings is 1. The van der Waals surface area contributed by atoms with Crippen LogP contribution in [-0.4, -0.2) is 49.0 Å². The summed E-state index contributed by atoms with van der Waals surface area (Å²) in [6, 6.07) is 5.54. The number of para-hydroxylation sites is 1. The first kappa shape index (κ1) is 41.1. The average Bonchev–Trinajstić information content (AvgIpc) is 2.96. The Morgan fingerprint density at radius 2 is 1.07 bits per heavy atom. The van der Waals surface area contributed by atoms with Crippen molar-refractivity contribution < 1.29 is 24.3 Å². The van der Waals surface area contributed by atoms with Gasteiger partial charge in [0.2, 0.25) is 0 Å². The quantitative estimate of drug-likeness (QED) is 0.0801. The summed E-state index contributed by atoms with van der Waals surface area (Å²) in [6.07, 6.45) is 29.9. The number of ketones is 1. The maximum atomic E-state index is 13.0. The summed E-state index contributed by atoms with van der Waals surface area (Å²) >= 11 is 0. The van der Waals surface area contributed by atoms with Crippen molar-refractivity contribution in [2.45, 2.75) is 162 Å². The summed E-state index contributed by atoms with van der Waals surface area (Å²) < 4.78 is 1.04. The smallest absolute Gasteiger partial charge is 0.335 e. The molecule has 0 aliphatic carbocycles. The number of rotatable bonds is 27. The largest absolute Gasteiger partial charge is 0.872 e. The molecule has 1 aromatic rings. The molecule has 0 saturated carbocycles. The number of carbonyl (C=O) groups excluding carboxylic acids is 1. The number of Topliss-reactive ketones (excluding diaryl/α,β-unsaturated/α-hetero) is 1. The Bertz CT molecular complexity index is 801. The van der Waals surface area contributed by atoms with E-state index in [9.17, 15) is 14.7 Å². The van der Waals surface area contributed by atoms with Crippen LogP contribution in [0.15, 0.2) is 24.3 Å². The van der Waals surface area contributed by atoms with Gasteiger partial charge in [-0.3, -0.25) is 4.79 Å². The number of aromatic carboxylic acids is 1. The normalized spacial score (nSPS) is 12.0. The molecule has 0 aromatic heterocycles. The highest BCUT2D eigenvalue weighted by molar-refractivity contribution is 5.90. The van der Waals surface area contributed by atoms with Gasteiger partial charge in [0, 0.05) is 12.3 Å². The van der Waals surface area contributed by atoms with Crippen LogP contribution in [0.1, 0.15) is 172 Å². The first-order valence-corrected chi connectivity index (χ1v) is 17.9. The van der Waals surface area contributed by atoms with Crippen molar-refractivity contribution in [3.63, 3.8) is 0 Å². The van der Waals surface area contributed by atoms with Crippen molar-refractivity contribution >= 4 is 11.8 Å². The third-order valence-corrected chi connectivity index (χ3v) is 8.39. The van der Waals surface area contributed by atoms with Crippen molar-refractivity contribution in [2.24, 2.45) is 5.92 Å². The number of carbonyl (C=O) groups is 2. The second-order valence-electron chi connectivity index (χ2n) is 13.7. The number of unbranched alkanes of at least 4 members (excludes halogenated alkanes) is 17. The van der Waals surface area contributed by atoms with Crippen LogP contribution in [0.3, 0.4) is 0 Å². The zero-order valence-electron chi connectivity index (χ0n) is 29.0. The second kappa shape index (κ2) is 27.7. The number of quaternary nitrogens is 1. The molecule has 0 aliphatic heterocycles. The van der Waals surface area contributed by atoms with Gasteiger partial charge in [0.15, 0.2) is 0 Å². The predicted molar refractivity (Wildman–Crippen MR) is 182 cm³/mol. The van der Waals surface area contributed by atoms with Gasteiger partial charge in [-0.05, 0) is 38.2 Å². The third kappa shape index (κ3) is 26.3. The first-order chi connectivity index (χ1) is 20.6. The van der Waals surface area contributed by atoms with Crippen molar-refractivity contribution in [3.05, 3.63) is 29.8 Å². The fraction of sp³-hybridized carbons (Fsp3) is 0.789. The molecule has 1 rings (SSSR count). The molecule has 1 unspecified atom stereocenters. The maximum Gasteiger partial charge on any atom is 0.335 e. The summed E-state index contributed by atoms with van der Waals surface area (Å²) in [4.78, 5) is 23.2. The van der Waals surface area contributed by atoms with Crippen LogP contribution < -0.4 is 5.11 Å². The summed E-state index contributed by atoms with van der Waals surface area (Å²) in [5.41, 5.74) is -0.178. The fourth-order valence-corrected chi connectivity index (χ4v) is 5.60. The van der Waals surface area contributed by atoms with Crippen LogP contribution >= 0.6 is 0 Å². The monoisotopic (exact) mass is 604 g/mol. The number of hydrogen-bond donors (Lipinski definition) is 1. The minimum absolute atomic E-state index is 0.178. The highest BCUT2D eigenvalue weighted by Crippen LogP contribution is 2.22. The van der Waals surface area contributed by atoms with Gasteiger partial charge in [-0.1, -0.05) is 147 Å². The van der Waals surface area contributed by atoms with Crippen molar-refractivity contribution in [1.29, 1.82) is 0 Å². The van der Waals surface area contributed by atoms with E-state index in [-0.39, 0.29) is 5.56 Å². The summed E-state index contributed by atoms with van der Waals surface area (Å²) in [5, 5.41) is 19.0. The molecule has 43 heavy (non-hydrogen) atoms. The highest BCUT2D eigenvalue weighted by atomic mass is 16.4. The van der Waals surface area contributed by atoms with Gasteiger partial charge in [-0.15, -0.1) is 0 Å². The van der Waals surface area contributed by atoms with E-state index < -0.39 is 11.7 Å². The average molecular weight is 604 g/mol. The molecule has 0 spiro atoms. The molecule has 1 aromatic carbocycles. The highest BCUT2D eigenvalue weighted by Gasteiger charge is 2.18. The van der Waals surface area contributed by atoms with Gasteiger partial charge in [-0.2, -0.15) is 0 Å². The van der Waals surface area contributed by atoms with Crippen LogP contribution in [-0.2, 0) is 4.79 Å². The maximum absolute atomic E-state index is 13.0. The molecule has 250 valence electrons. The molecule has 0 radical (unpaired) electrons. The molecular formula is C38H69NO4. The molecule has 0 heterocycles. The van der Waals surface area contributed by atoms with E-state index in [1.807, 2.05) is 0 Å². The van der Waals surface area contributed by atoms with Gasteiger partial charge >= 0.3 is 5.97 Å². The van der Waals surface area contributed by atoms with E-state index in [2.05, 4.69) is 35.0 Å². The molecule has 1 atom stereocenters. The van der Waals surface area contributed by atoms with E-state index in [0.717, 1.165) is 30.2 Å². The fourth-order valence-electron chi connectivity index (χ4n) is 5.60. The van der Waals surface area contributed by atoms with Crippen molar-refractivity contribution in [3.8, 4) is 5.75 Å². The second-order valence-corrected chi connectivity index (χ2v) is 13.7. The molecular weight excluding hydrogens is 534 g/mol. The lowest BCUT2D eigenvalue weighted by atomic mass is 9.88.